The summed E-state index contributed by atoms with van der Waals surface area (Å²) >= 11 is 0. The minimum Gasteiger partial charge on any atom is -0.427 e. The number of ether oxygens (including phenoxy) is 2. The second-order valence-corrected chi connectivity index (χ2v) is 10.8. The van der Waals surface area contributed by atoms with Gasteiger partial charge in [-0.3, -0.25) is 14.9 Å². The average molecular weight is 580 g/mol. The summed E-state index contributed by atoms with van der Waals surface area (Å²) in [5, 5.41) is 10.7. The van der Waals surface area contributed by atoms with Crippen LogP contribution in [0, 0.1) is 10.1 Å². The molecule has 0 aliphatic rings. The van der Waals surface area contributed by atoms with Crippen molar-refractivity contribution in [3.8, 4) is 5.75 Å². The molecule has 0 amide bonds. The second-order valence-electron chi connectivity index (χ2n) is 10.8. The molecule has 0 unspecified atom stereocenters. The van der Waals surface area contributed by atoms with E-state index in [1.54, 1.807) is 0 Å². The van der Waals surface area contributed by atoms with E-state index >= 15 is 0 Å². The third-order valence-electron chi connectivity index (χ3n) is 7.66. The lowest BCUT2D eigenvalue weighted by Gasteiger charge is -2.36. The highest BCUT2D eigenvalue weighted by Crippen LogP contribution is 2.40. The summed E-state index contributed by atoms with van der Waals surface area (Å²) in [6.07, 6.45) is 10.1. The lowest BCUT2D eigenvalue weighted by atomic mass is 9.80. The lowest BCUT2D eigenvalue weighted by Crippen LogP contribution is -2.33. The van der Waals surface area contributed by atoms with Crippen molar-refractivity contribution in [1.82, 2.24) is 0 Å². The fourth-order valence-electron chi connectivity index (χ4n) is 5.42. The molecule has 4 rings (SSSR count). The van der Waals surface area contributed by atoms with Crippen molar-refractivity contribution in [2.75, 3.05) is 6.61 Å². The molecule has 0 fully saturated rings. The zero-order chi connectivity index (χ0) is 30.2. The van der Waals surface area contributed by atoms with Gasteiger partial charge in [0, 0.05) is 25.2 Å². The molecule has 0 spiro atoms. The van der Waals surface area contributed by atoms with Crippen LogP contribution >= 0.6 is 0 Å². The number of nitro groups is 1. The van der Waals surface area contributed by atoms with Gasteiger partial charge in [-0.1, -0.05) is 136 Å². The van der Waals surface area contributed by atoms with Gasteiger partial charge >= 0.3 is 5.97 Å². The third kappa shape index (κ3) is 9.35. The zero-order valence-electron chi connectivity index (χ0n) is 24.7. The van der Waals surface area contributed by atoms with Crippen molar-refractivity contribution >= 4 is 11.7 Å². The Morgan fingerprint density at radius 2 is 1.00 bits per heavy atom. The van der Waals surface area contributed by atoms with Crippen LogP contribution in [0.4, 0.5) is 5.69 Å². The van der Waals surface area contributed by atoms with Gasteiger partial charge in [-0.15, -0.1) is 0 Å². The molecule has 4 aromatic carbocycles. The van der Waals surface area contributed by atoms with Crippen molar-refractivity contribution < 1.29 is 19.2 Å². The summed E-state index contributed by atoms with van der Waals surface area (Å²) in [5.74, 6) is 0.0405. The van der Waals surface area contributed by atoms with Gasteiger partial charge in [-0.05, 0) is 41.7 Å². The van der Waals surface area contributed by atoms with Crippen molar-refractivity contribution in [3.05, 3.63) is 142 Å². The van der Waals surface area contributed by atoms with Crippen LogP contribution in [0.1, 0.15) is 80.9 Å². The highest BCUT2D eigenvalue weighted by atomic mass is 16.6. The first-order valence-corrected chi connectivity index (χ1v) is 15.4. The molecular formula is C37H41NO5. The Morgan fingerprint density at radius 3 is 1.44 bits per heavy atom. The first kappa shape index (κ1) is 31.6. The number of benzene rings is 4. The topological polar surface area (TPSA) is 78.7 Å². The van der Waals surface area contributed by atoms with Gasteiger partial charge in [-0.2, -0.15) is 0 Å². The van der Waals surface area contributed by atoms with E-state index in [1.165, 1.54) is 43.5 Å². The molecular weight excluding hydrogens is 538 g/mol. The number of unbranched alkanes of at least 4 members (excludes halogenated alkanes) is 8. The van der Waals surface area contributed by atoms with Crippen LogP contribution in [-0.2, 0) is 15.1 Å². The monoisotopic (exact) mass is 579 g/mol. The maximum atomic E-state index is 12.0. The SMILES string of the molecule is O=C(CCCCCCCCCCCOC(c1ccccc1)(c1ccccc1)c1ccccc1)Oc1ccc([N+](=O)[O-])cc1. The molecule has 0 bridgehead atoms. The molecule has 0 aliphatic carbocycles. The number of non-ortho nitro benzene ring substituents is 1. The normalized spacial score (nSPS) is 11.3. The van der Waals surface area contributed by atoms with Crippen LogP contribution in [-0.4, -0.2) is 17.5 Å². The Labute approximate surface area is 254 Å². The number of nitro benzene ring substituents is 1. The molecule has 0 heterocycles. The molecule has 0 saturated heterocycles. The Morgan fingerprint density at radius 1 is 0.581 bits per heavy atom. The van der Waals surface area contributed by atoms with Crippen molar-refractivity contribution in [2.24, 2.45) is 0 Å². The summed E-state index contributed by atoms with van der Waals surface area (Å²) in [5.41, 5.74) is 2.72. The Bertz CT molecular complexity index is 1280. The van der Waals surface area contributed by atoms with Gasteiger partial charge in [0.2, 0.25) is 0 Å². The van der Waals surface area contributed by atoms with Crippen LogP contribution in [0.2, 0.25) is 0 Å². The van der Waals surface area contributed by atoms with Crippen LogP contribution < -0.4 is 4.74 Å². The van der Waals surface area contributed by atoms with Crippen LogP contribution in [0.5, 0.6) is 5.75 Å². The Hall–Kier alpha value is -4.29. The van der Waals surface area contributed by atoms with Crippen LogP contribution in [0.15, 0.2) is 115 Å². The molecule has 0 aromatic heterocycles. The summed E-state index contributed by atoms with van der Waals surface area (Å²) in [7, 11) is 0. The van der Waals surface area contributed by atoms with E-state index in [1.807, 2.05) is 18.2 Å². The quantitative estimate of drug-likeness (QED) is 0.0293. The van der Waals surface area contributed by atoms with Gasteiger partial charge in [0.25, 0.3) is 5.69 Å². The number of hydrogen-bond acceptors (Lipinski definition) is 5. The van der Waals surface area contributed by atoms with E-state index in [9.17, 15) is 14.9 Å². The summed E-state index contributed by atoms with van der Waals surface area (Å²) in [6, 6.07) is 37.1. The smallest absolute Gasteiger partial charge is 0.311 e. The van der Waals surface area contributed by atoms with Crippen LogP contribution in [0.3, 0.4) is 0 Å². The molecule has 224 valence electrons. The lowest BCUT2D eigenvalue weighted by molar-refractivity contribution is -0.384. The molecule has 6 heteroatoms. The molecule has 0 saturated carbocycles. The predicted octanol–water partition coefficient (Wildman–Crippen LogP) is 9.41. The van der Waals surface area contributed by atoms with Crippen molar-refractivity contribution in [1.29, 1.82) is 0 Å². The molecule has 6 nitrogen and oxygen atoms in total. The standard InChI is InChI=1S/C37H41NO5/c39-36(43-35-28-26-34(27-29-35)38(40)41)25-17-6-4-2-1-3-5-7-18-30-42-37(31-19-11-8-12-20-31,32-21-13-9-14-22-32)33-23-15-10-16-24-33/h8-16,19-24,26-29H,1-7,17-18,25,30H2. The van der Waals surface area contributed by atoms with E-state index < -0.39 is 10.5 Å². The van der Waals surface area contributed by atoms with E-state index in [2.05, 4.69) is 72.8 Å². The number of esters is 1. The highest BCUT2D eigenvalue weighted by Gasteiger charge is 2.37. The maximum absolute atomic E-state index is 12.0. The summed E-state index contributed by atoms with van der Waals surface area (Å²) < 4.78 is 12.1. The average Bonchev–Trinajstić information content (AvgIpc) is 3.05. The molecule has 0 radical (unpaired) electrons. The molecule has 43 heavy (non-hydrogen) atoms. The molecule has 4 aromatic rings. The van der Waals surface area contributed by atoms with Gasteiger partial charge < -0.3 is 9.47 Å². The number of carbonyl (C=O) groups excluding carboxylic acids is 1. The van der Waals surface area contributed by atoms with E-state index in [-0.39, 0.29) is 11.7 Å². The van der Waals surface area contributed by atoms with E-state index in [4.69, 9.17) is 9.47 Å². The van der Waals surface area contributed by atoms with Gasteiger partial charge in [0.1, 0.15) is 11.4 Å². The highest BCUT2D eigenvalue weighted by molar-refractivity contribution is 5.72. The predicted molar refractivity (Wildman–Crippen MR) is 170 cm³/mol. The van der Waals surface area contributed by atoms with Gasteiger partial charge in [0.15, 0.2) is 0 Å². The summed E-state index contributed by atoms with van der Waals surface area (Å²) in [4.78, 5) is 22.3. The Kier molecular flexibility index (Phi) is 12.5. The van der Waals surface area contributed by atoms with E-state index in [0.29, 0.717) is 18.8 Å². The largest absolute Gasteiger partial charge is 0.427 e. The van der Waals surface area contributed by atoms with Crippen molar-refractivity contribution in [2.45, 2.75) is 69.8 Å². The minimum absolute atomic E-state index is 0.0238. The zero-order valence-corrected chi connectivity index (χ0v) is 24.7. The minimum atomic E-state index is -0.655. The number of hydrogen-bond donors (Lipinski definition) is 0. The van der Waals surface area contributed by atoms with Gasteiger partial charge in [-0.25, -0.2) is 0 Å². The summed E-state index contributed by atoms with van der Waals surface area (Å²) in [6.45, 7) is 0.675. The fourth-order valence-corrected chi connectivity index (χ4v) is 5.42. The maximum Gasteiger partial charge on any atom is 0.311 e. The van der Waals surface area contributed by atoms with Gasteiger partial charge in [0.05, 0.1) is 4.92 Å². The first-order valence-electron chi connectivity index (χ1n) is 15.4. The first-order chi connectivity index (χ1) is 21.1. The third-order valence-corrected chi connectivity index (χ3v) is 7.66. The number of carbonyl (C=O) groups is 1. The van der Waals surface area contributed by atoms with E-state index in [0.717, 1.165) is 55.2 Å². The Balaban J connectivity index is 1.14. The molecule has 0 atom stereocenters. The molecule has 0 N–H and O–H groups in total. The fraction of sp³-hybridized carbons (Fsp3) is 0.324. The molecule has 0 aliphatic heterocycles. The van der Waals surface area contributed by atoms with Crippen LogP contribution in [0.25, 0.3) is 0 Å². The number of nitrogens with zero attached hydrogens (tertiary/aromatic N) is 1. The number of rotatable bonds is 18. The second kappa shape index (κ2) is 17.0. The van der Waals surface area contributed by atoms with Crippen molar-refractivity contribution in [3.63, 3.8) is 0 Å².